The van der Waals surface area contributed by atoms with Gasteiger partial charge in [-0.25, -0.2) is 0 Å². The van der Waals surface area contributed by atoms with E-state index in [1.54, 1.807) is 0 Å². The van der Waals surface area contributed by atoms with Crippen LogP contribution in [0.3, 0.4) is 0 Å². The second kappa shape index (κ2) is 19.9. The fraction of sp³-hybridized carbons (Fsp3) is 0.778. The molecule has 6 unspecified atom stereocenters. The molecule has 0 heterocycles. The topological polar surface area (TPSA) is 27.7 Å². The Bertz CT molecular complexity index is 1300. The van der Waals surface area contributed by atoms with Crippen LogP contribution in [0.2, 0.25) is 0 Å². The van der Waals surface area contributed by atoms with E-state index in [4.69, 9.17) is 13.6 Å². The monoisotopic (exact) mass is 809 g/mol. The molecular weight excluding hydrogens is 728 g/mol. The van der Waals surface area contributed by atoms with Crippen LogP contribution in [0.25, 0.3) is 0 Å². The number of hydrogen-bond donors (Lipinski definition) is 0. The Hall–Kier alpha value is -1.25. The maximum Gasteiger partial charge on any atom is 0.335 e. The highest BCUT2D eigenvalue weighted by Gasteiger charge is 2.57. The van der Waals surface area contributed by atoms with Crippen LogP contribution < -0.4 is 0 Å². The molecule has 6 atom stereocenters. The molecule has 58 heavy (non-hydrogen) atoms. The number of allylic oxidation sites excluding steroid dienone is 6. The Balaban J connectivity index is 1.18. The predicted octanol–water partition coefficient (Wildman–Crippen LogP) is 16.2. The number of rotatable bonds is 12. The van der Waals surface area contributed by atoms with E-state index >= 15 is 0 Å². The third kappa shape index (κ3) is 8.84. The summed E-state index contributed by atoms with van der Waals surface area (Å²) in [5.74, 6) is 4.60. The van der Waals surface area contributed by atoms with E-state index in [0.29, 0.717) is 53.3 Å². The molecule has 6 saturated carbocycles. The van der Waals surface area contributed by atoms with Gasteiger partial charge in [0.15, 0.2) is 0 Å². The van der Waals surface area contributed by atoms with Crippen molar-refractivity contribution in [2.24, 2.45) is 53.3 Å². The fourth-order valence-corrected chi connectivity index (χ4v) is 16.7. The zero-order chi connectivity index (χ0) is 39.1. The first-order chi connectivity index (χ1) is 28.7. The van der Waals surface area contributed by atoms with E-state index in [1.165, 1.54) is 193 Å². The van der Waals surface area contributed by atoms with Crippen LogP contribution in [0.5, 0.6) is 0 Å². The maximum absolute atomic E-state index is 8.36. The van der Waals surface area contributed by atoms with Gasteiger partial charge in [0.1, 0.15) is 16.8 Å². The zero-order valence-electron chi connectivity index (χ0n) is 36.5. The molecule has 320 valence electrons. The summed E-state index contributed by atoms with van der Waals surface area (Å²) in [5, 5.41) is 0. The van der Waals surface area contributed by atoms with Crippen LogP contribution in [0.1, 0.15) is 193 Å². The third-order valence-corrected chi connectivity index (χ3v) is 19.2. The summed E-state index contributed by atoms with van der Waals surface area (Å²) < 4.78 is 25.1. The molecular formula is C54H81O3P. The minimum Gasteiger partial charge on any atom is -0.300 e. The summed E-state index contributed by atoms with van der Waals surface area (Å²) >= 11 is 0. The summed E-state index contributed by atoms with van der Waals surface area (Å²) in [6.45, 7) is 0. The summed E-state index contributed by atoms with van der Waals surface area (Å²) in [6.07, 6.45) is 69.6. The highest BCUT2D eigenvalue weighted by atomic mass is 31.2. The van der Waals surface area contributed by atoms with Gasteiger partial charge in [-0.05, 0) is 113 Å². The maximum atomic E-state index is 8.36. The van der Waals surface area contributed by atoms with E-state index in [2.05, 4.69) is 72.9 Å². The van der Waals surface area contributed by atoms with Gasteiger partial charge in [0.2, 0.25) is 0 Å². The SMILES string of the molecule is C1=CC(C2CCCCC2)C(OP(OC2(C3CCCCC3)C=CC=CC2C2CCCCC2)OC2(C3CCCCC3)C=CC=CC2C2CCCCC2)(C2CCCCC2)C=C1. The molecule has 0 aromatic rings. The molecule has 4 heteroatoms. The lowest BCUT2D eigenvalue weighted by Crippen LogP contribution is -2.54. The van der Waals surface area contributed by atoms with Crippen molar-refractivity contribution in [3.05, 3.63) is 72.9 Å². The largest absolute Gasteiger partial charge is 0.335 e. The van der Waals surface area contributed by atoms with Gasteiger partial charge in [0.25, 0.3) is 0 Å². The lowest BCUT2D eigenvalue weighted by atomic mass is 9.63. The van der Waals surface area contributed by atoms with Gasteiger partial charge in [-0.3, -0.25) is 0 Å². The van der Waals surface area contributed by atoms with Gasteiger partial charge < -0.3 is 13.6 Å². The first kappa shape index (κ1) is 42.1. The summed E-state index contributed by atoms with van der Waals surface area (Å²) in [7, 11) is -1.75. The van der Waals surface area contributed by atoms with E-state index in [-0.39, 0.29) is 0 Å². The second-order valence-corrected chi connectivity index (χ2v) is 22.1. The Labute approximate surface area is 356 Å². The Morgan fingerprint density at radius 3 is 0.793 bits per heavy atom. The fourth-order valence-electron chi connectivity index (χ4n) is 14.8. The van der Waals surface area contributed by atoms with Crippen LogP contribution in [0.15, 0.2) is 72.9 Å². The van der Waals surface area contributed by atoms with Crippen LogP contribution in [-0.2, 0) is 13.6 Å². The van der Waals surface area contributed by atoms with Crippen molar-refractivity contribution in [2.75, 3.05) is 0 Å². The molecule has 0 spiro atoms. The standard InChI is InChI=1S/C54H81O3P/c1-7-25-43(26-8-1)49-37-19-22-40-52(49,46-31-13-4-14-32-46)55-58(56-53(47-33-15-5-16-34-47)41-23-20-38-50(53)44-27-9-2-10-28-44)57-54(48-35-17-6-18-36-48)42-24-21-39-51(54)45-29-11-3-12-30-45/h19-24,37-51H,1-18,25-36H2. The van der Waals surface area contributed by atoms with Gasteiger partial charge in [-0.1, -0.05) is 188 Å². The van der Waals surface area contributed by atoms with Crippen LogP contribution in [0, 0.1) is 53.3 Å². The van der Waals surface area contributed by atoms with Crippen molar-refractivity contribution in [3.63, 3.8) is 0 Å². The molecule has 0 radical (unpaired) electrons. The van der Waals surface area contributed by atoms with Gasteiger partial charge in [0.05, 0.1) is 0 Å². The molecule has 9 aliphatic rings. The lowest BCUT2D eigenvalue weighted by Gasteiger charge is -2.55. The summed E-state index contributed by atoms with van der Waals surface area (Å²) in [4.78, 5) is 0. The van der Waals surface area contributed by atoms with Crippen LogP contribution in [-0.4, -0.2) is 16.8 Å². The van der Waals surface area contributed by atoms with E-state index in [0.717, 1.165) is 0 Å². The Morgan fingerprint density at radius 1 is 0.293 bits per heavy atom. The molecule has 0 bridgehead atoms. The predicted molar refractivity (Wildman–Crippen MR) is 243 cm³/mol. The molecule has 9 aliphatic carbocycles. The van der Waals surface area contributed by atoms with Crippen molar-refractivity contribution < 1.29 is 13.6 Å². The normalized spacial score (nSPS) is 38.4. The first-order valence-corrected chi connectivity index (χ1v) is 26.8. The summed E-state index contributed by atoms with van der Waals surface area (Å²) in [6, 6.07) is 0. The minimum absolute atomic E-state index is 0.376. The quantitative estimate of drug-likeness (QED) is 0.184. The van der Waals surface area contributed by atoms with Crippen molar-refractivity contribution in [1.82, 2.24) is 0 Å². The molecule has 0 aromatic heterocycles. The van der Waals surface area contributed by atoms with Crippen molar-refractivity contribution in [3.8, 4) is 0 Å². The Kier molecular flexibility index (Phi) is 14.4. The van der Waals surface area contributed by atoms with Crippen LogP contribution >= 0.6 is 8.60 Å². The molecule has 0 saturated heterocycles. The lowest BCUT2D eigenvalue weighted by molar-refractivity contribution is -0.109. The molecule has 9 rings (SSSR count). The second-order valence-electron chi connectivity index (χ2n) is 21.1. The average molecular weight is 809 g/mol. The van der Waals surface area contributed by atoms with Crippen molar-refractivity contribution >= 4 is 8.60 Å². The molecule has 0 N–H and O–H groups in total. The molecule has 6 fully saturated rings. The average Bonchev–Trinajstić information content (AvgIpc) is 3.31. The summed E-state index contributed by atoms with van der Waals surface area (Å²) in [5.41, 5.74) is -1.19. The third-order valence-electron chi connectivity index (χ3n) is 17.8. The van der Waals surface area contributed by atoms with Gasteiger partial charge in [-0.2, -0.15) is 0 Å². The Morgan fingerprint density at radius 2 is 0.534 bits per heavy atom. The first-order valence-electron chi connectivity index (χ1n) is 25.7. The van der Waals surface area contributed by atoms with E-state index < -0.39 is 25.4 Å². The van der Waals surface area contributed by atoms with Crippen molar-refractivity contribution in [2.45, 2.75) is 209 Å². The molecule has 0 amide bonds. The van der Waals surface area contributed by atoms with E-state index in [1.807, 2.05) is 0 Å². The minimum atomic E-state index is -1.75. The highest BCUT2D eigenvalue weighted by Crippen LogP contribution is 2.65. The molecule has 0 aliphatic heterocycles. The zero-order valence-corrected chi connectivity index (χ0v) is 37.4. The van der Waals surface area contributed by atoms with Crippen molar-refractivity contribution in [1.29, 1.82) is 0 Å². The molecule has 3 nitrogen and oxygen atoms in total. The van der Waals surface area contributed by atoms with Gasteiger partial charge in [0, 0.05) is 17.8 Å². The highest BCUT2D eigenvalue weighted by molar-refractivity contribution is 7.41. The number of hydrogen-bond acceptors (Lipinski definition) is 3. The van der Waals surface area contributed by atoms with E-state index in [9.17, 15) is 0 Å². The van der Waals surface area contributed by atoms with Gasteiger partial charge in [-0.15, -0.1) is 0 Å². The molecule has 0 aromatic carbocycles. The smallest absolute Gasteiger partial charge is 0.300 e. The van der Waals surface area contributed by atoms with Crippen LogP contribution in [0.4, 0.5) is 0 Å². The van der Waals surface area contributed by atoms with Gasteiger partial charge >= 0.3 is 8.60 Å².